The zero-order valence-corrected chi connectivity index (χ0v) is 23.8. The van der Waals surface area contributed by atoms with Crippen molar-refractivity contribution in [3.63, 3.8) is 0 Å². The molecule has 3 aromatic rings. The maximum absolute atomic E-state index is 13.6. The maximum atomic E-state index is 13.6. The number of amides is 1. The van der Waals surface area contributed by atoms with E-state index in [1.54, 1.807) is 26.0 Å². The van der Waals surface area contributed by atoms with Crippen LogP contribution in [-0.2, 0) is 31.3 Å². The first-order chi connectivity index (χ1) is 17.9. The smallest absolute Gasteiger partial charge is 0.243 e. The third kappa shape index (κ3) is 6.79. The molecule has 0 fully saturated rings. The highest BCUT2D eigenvalue weighted by atomic mass is 32.2. The summed E-state index contributed by atoms with van der Waals surface area (Å²) < 4.78 is 59.9. The number of rotatable bonds is 11. The summed E-state index contributed by atoms with van der Waals surface area (Å²) in [5.41, 5.74) is 2.51. The molecule has 0 saturated carbocycles. The molecule has 0 atom stereocenters. The van der Waals surface area contributed by atoms with E-state index in [4.69, 9.17) is 4.74 Å². The van der Waals surface area contributed by atoms with Gasteiger partial charge in [0.05, 0.1) is 23.4 Å². The predicted molar refractivity (Wildman–Crippen MR) is 147 cm³/mol. The molecule has 3 aromatic carbocycles. The lowest BCUT2D eigenvalue weighted by Crippen LogP contribution is -2.39. The number of hydrogen-bond acceptors (Lipinski definition) is 6. The molecule has 0 unspecified atom stereocenters. The fraction of sp³-hybridized carbons (Fsp3) is 0.296. The zero-order chi connectivity index (χ0) is 28.1. The molecule has 0 saturated heterocycles. The minimum absolute atomic E-state index is 0.0191. The summed E-state index contributed by atoms with van der Waals surface area (Å²) in [6, 6.07) is 18.4. The Balaban J connectivity index is 1.90. The average molecular weight is 560 g/mol. The van der Waals surface area contributed by atoms with E-state index < -0.39 is 32.5 Å². The fourth-order valence-electron chi connectivity index (χ4n) is 3.80. The number of ether oxygens (including phenoxy) is 1. The highest BCUT2D eigenvalue weighted by Crippen LogP contribution is 2.25. The molecule has 0 bridgehead atoms. The Bertz CT molecular complexity index is 1510. The molecule has 11 heteroatoms. The Morgan fingerprint density at radius 2 is 1.47 bits per heavy atom. The number of nitrogens with one attached hydrogen (secondary N) is 1. The molecule has 1 amide bonds. The highest BCUT2D eigenvalue weighted by Gasteiger charge is 2.28. The second-order valence-electron chi connectivity index (χ2n) is 9.02. The molecule has 3 rings (SSSR count). The molecule has 38 heavy (non-hydrogen) atoms. The van der Waals surface area contributed by atoms with Crippen molar-refractivity contribution in [3.05, 3.63) is 83.4 Å². The molecule has 0 aliphatic carbocycles. The van der Waals surface area contributed by atoms with Gasteiger partial charge in [0.2, 0.25) is 26.0 Å². The van der Waals surface area contributed by atoms with Crippen LogP contribution >= 0.6 is 0 Å². The van der Waals surface area contributed by atoms with Crippen molar-refractivity contribution in [2.24, 2.45) is 0 Å². The van der Waals surface area contributed by atoms with Crippen LogP contribution in [0.15, 0.2) is 76.5 Å². The standard InChI is InChI=1S/C27H33N3O6S2/c1-20-11-12-24(37(32,33)29(3)4)18-25(20)28-27(31)19-30(16-15-22-9-7-6-8-10-22)38(34,35)23-13-14-26(36-5)21(2)17-23/h6-14,17-18H,15-16,19H2,1-5H3,(H,28,31). The first kappa shape index (κ1) is 29.3. The van der Waals surface area contributed by atoms with Gasteiger partial charge in [-0.05, 0) is 67.3 Å². The van der Waals surface area contributed by atoms with Gasteiger partial charge in [-0.1, -0.05) is 36.4 Å². The SMILES string of the molecule is COc1ccc(S(=O)(=O)N(CCc2ccccc2)CC(=O)Nc2cc(S(=O)(=O)N(C)C)ccc2C)cc1C. The number of benzene rings is 3. The topological polar surface area (TPSA) is 113 Å². The Morgan fingerprint density at radius 3 is 2.08 bits per heavy atom. The van der Waals surface area contributed by atoms with Gasteiger partial charge in [0, 0.05) is 26.3 Å². The summed E-state index contributed by atoms with van der Waals surface area (Å²) in [6.07, 6.45) is 0.401. The van der Waals surface area contributed by atoms with Crippen LogP contribution in [0.3, 0.4) is 0 Å². The van der Waals surface area contributed by atoms with Crippen LogP contribution in [0.2, 0.25) is 0 Å². The second kappa shape index (κ2) is 12.1. The first-order valence-corrected chi connectivity index (χ1v) is 14.8. The fourth-order valence-corrected chi connectivity index (χ4v) is 6.21. The third-order valence-corrected chi connectivity index (χ3v) is 9.73. The van der Waals surface area contributed by atoms with E-state index >= 15 is 0 Å². The Morgan fingerprint density at radius 1 is 0.842 bits per heavy atom. The molecular formula is C27H33N3O6S2. The van der Waals surface area contributed by atoms with Gasteiger partial charge in [-0.15, -0.1) is 0 Å². The van der Waals surface area contributed by atoms with Crippen molar-refractivity contribution in [2.75, 3.05) is 39.6 Å². The lowest BCUT2D eigenvalue weighted by atomic mass is 10.1. The molecule has 204 valence electrons. The highest BCUT2D eigenvalue weighted by molar-refractivity contribution is 7.89. The first-order valence-electron chi connectivity index (χ1n) is 11.9. The minimum atomic E-state index is -4.04. The average Bonchev–Trinajstić information content (AvgIpc) is 2.88. The van der Waals surface area contributed by atoms with Crippen LogP contribution in [-0.4, -0.2) is 65.6 Å². The summed E-state index contributed by atoms with van der Waals surface area (Å²) in [6.45, 7) is 3.09. The van der Waals surface area contributed by atoms with Crippen molar-refractivity contribution in [2.45, 2.75) is 30.1 Å². The van der Waals surface area contributed by atoms with Gasteiger partial charge in [-0.25, -0.2) is 21.1 Å². The Hall–Kier alpha value is -3.25. The van der Waals surface area contributed by atoms with Gasteiger partial charge in [-0.2, -0.15) is 4.31 Å². The minimum Gasteiger partial charge on any atom is -0.496 e. The number of carbonyl (C=O) groups excluding carboxylic acids is 1. The van der Waals surface area contributed by atoms with E-state index in [-0.39, 0.29) is 16.3 Å². The van der Waals surface area contributed by atoms with Gasteiger partial charge in [0.15, 0.2) is 0 Å². The number of anilines is 1. The molecule has 0 heterocycles. The zero-order valence-electron chi connectivity index (χ0n) is 22.1. The summed E-state index contributed by atoms with van der Waals surface area (Å²) in [5, 5.41) is 2.70. The summed E-state index contributed by atoms with van der Waals surface area (Å²) in [4.78, 5) is 13.2. The number of hydrogen-bond donors (Lipinski definition) is 1. The summed E-state index contributed by atoms with van der Waals surface area (Å²) in [5.74, 6) is -0.0325. The van der Waals surface area contributed by atoms with Crippen LogP contribution in [0, 0.1) is 13.8 Å². The van der Waals surface area contributed by atoms with Crippen LogP contribution in [0.5, 0.6) is 5.75 Å². The second-order valence-corrected chi connectivity index (χ2v) is 13.1. The molecule has 0 radical (unpaired) electrons. The Kier molecular flexibility index (Phi) is 9.31. The van der Waals surface area contributed by atoms with E-state index in [2.05, 4.69) is 5.32 Å². The van der Waals surface area contributed by atoms with Crippen molar-refractivity contribution < 1.29 is 26.4 Å². The third-order valence-electron chi connectivity index (χ3n) is 6.08. The van der Waals surface area contributed by atoms with Gasteiger partial charge >= 0.3 is 0 Å². The van der Waals surface area contributed by atoms with Crippen molar-refractivity contribution in [3.8, 4) is 5.75 Å². The van der Waals surface area contributed by atoms with Crippen molar-refractivity contribution in [1.29, 1.82) is 0 Å². The molecule has 1 N–H and O–H groups in total. The Labute approximate surface area is 225 Å². The predicted octanol–water partition coefficient (Wildman–Crippen LogP) is 3.43. The van der Waals surface area contributed by atoms with Crippen molar-refractivity contribution in [1.82, 2.24) is 8.61 Å². The number of carbonyl (C=O) groups is 1. The maximum Gasteiger partial charge on any atom is 0.243 e. The van der Waals surface area contributed by atoms with E-state index in [0.717, 1.165) is 14.2 Å². The summed E-state index contributed by atoms with van der Waals surface area (Å²) in [7, 11) is -3.41. The molecular weight excluding hydrogens is 526 g/mol. The number of nitrogens with zero attached hydrogens (tertiary/aromatic N) is 2. The van der Waals surface area contributed by atoms with Gasteiger partial charge in [-0.3, -0.25) is 4.79 Å². The van der Waals surface area contributed by atoms with Crippen LogP contribution in [0.1, 0.15) is 16.7 Å². The quantitative estimate of drug-likeness (QED) is 0.385. The number of methoxy groups -OCH3 is 1. The summed E-state index contributed by atoms with van der Waals surface area (Å²) >= 11 is 0. The van der Waals surface area contributed by atoms with Crippen LogP contribution in [0.25, 0.3) is 0 Å². The van der Waals surface area contributed by atoms with Gasteiger partial charge < -0.3 is 10.1 Å². The number of sulfonamides is 2. The van der Waals surface area contributed by atoms with Gasteiger partial charge in [0.1, 0.15) is 5.75 Å². The van der Waals surface area contributed by atoms with Gasteiger partial charge in [0.25, 0.3) is 0 Å². The molecule has 0 aromatic heterocycles. The van der Waals surface area contributed by atoms with E-state index in [1.807, 2.05) is 30.3 Å². The van der Waals surface area contributed by atoms with E-state index in [1.165, 1.54) is 45.5 Å². The molecule has 0 aliphatic heterocycles. The molecule has 9 nitrogen and oxygen atoms in total. The number of aryl methyl sites for hydroxylation is 2. The van der Waals surface area contributed by atoms with Crippen molar-refractivity contribution >= 4 is 31.6 Å². The molecule has 0 aliphatic rings. The lowest BCUT2D eigenvalue weighted by molar-refractivity contribution is -0.116. The largest absolute Gasteiger partial charge is 0.496 e. The van der Waals surface area contributed by atoms with E-state index in [9.17, 15) is 21.6 Å². The van der Waals surface area contributed by atoms with E-state index in [0.29, 0.717) is 29.0 Å². The normalized spacial score (nSPS) is 12.1. The van der Waals surface area contributed by atoms with Crippen LogP contribution < -0.4 is 10.1 Å². The van der Waals surface area contributed by atoms with Crippen LogP contribution in [0.4, 0.5) is 5.69 Å². The molecule has 0 spiro atoms. The monoisotopic (exact) mass is 559 g/mol. The lowest BCUT2D eigenvalue weighted by Gasteiger charge is -2.23.